The third-order valence-corrected chi connectivity index (χ3v) is 6.02. The fourth-order valence-corrected chi connectivity index (χ4v) is 3.99. The van der Waals surface area contributed by atoms with Gasteiger partial charge in [-0.25, -0.2) is 13.2 Å². The number of urea groups is 1. The van der Waals surface area contributed by atoms with Crippen LogP contribution in [0.5, 0.6) is 11.5 Å². The average Bonchev–Trinajstić information content (AvgIpc) is 2.77. The van der Waals surface area contributed by atoms with E-state index in [-0.39, 0.29) is 4.90 Å². The number of hydrogen-bond acceptors (Lipinski definition) is 8. The molecule has 3 N–H and O–H groups in total. The Bertz CT molecular complexity index is 1150. The lowest BCUT2D eigenvalue weighted by Gasteiger charge is -2.19. The molecule has 0 saturated carbocycles. The minimum absolute atomic E-state index is 0.0971. The summed E-state index contributed by atoms with van der Waals surface area (Å²) < 4.78 is 42.3. The summed E-state index contributed by atoms with van der Waals surface area (Å²) in [4.78, 5) is 35.8. The Morgan fingerprint density at radius 2 is 1.73 bits per heavy atom. The highest BCUT2D eigenvalue weighted by molar-refractivity contribution is 7.89. The maximum atomic E-state index is 12.3. The number of ether oxygens (including phenoxy) is 3. The van der Waals surface area contributed by atoms with Crippen LogP contribution in [0.25, 0.3) is 0 Å². The van der Waals surface area contributed by atoms with Crippen LogP contribution in [0.2, 0.25) is 5.02 Å². The van der Waals surface area contributed by atoms with Crippen molar-refractivity contribution in [1.82, 2.24) is 10.0 Å². The van der Waals surface area contributed by atoms with E-state index in [9.17, 15) is 22.8 Å². The van der Waals surface area contributed by atoms with Gasteiger partial charge in [-0.1, -0.05) is 11.6 Å². The van der Waals surface area contributed by atoms with Crippen molar-refractivity contribution in [2.45, 2.75) is 17.9 Å². The van der Waals surface area contributed by atoms with Gasteiger partial charge in [-0.15, -0.1) is 0 Å². The molecule has 3 amide bonds. The Balaban J connectivity index is 1.45. The molecule has 33 heavy (non-hydrogen) atoms. The first-order valence-corrected chi connectivity index (χ1v) is 11.5. The van der Waals surface area contributed by atoms with Gasteiger partial charge in [0.1, 0.15) is 19.3 Å². The van der Waals surface area contributed by atoms with E-state index in [4.69, 9.17) is 25.8 Å². The topological polar surface area (TPSA) is 149 Å². The number of halogens is 1. The molecule has 1 heterocycles. The van der Waals surface area contributed by atoms with Crippen molar-refractivity contribution in [3.63, 3.8) is 0 Å². The van der Waals surface area contributed by atoms with Gasteiger partial charge < -0.3 is 19.5 Å². The molecule has 3 rings (SSSR count). The van der Waals surface area contributed by atoms with Gasteiger partial charge in [0, 0.05) is 16.8 Å². The molecule has 2 aromatic rings. The van der Waals surface area contributed by atoms with E-state index in [1.807, 2.05) is 5.32 Å². The fraction of sp³-hybridized carbons (Fsp3) is 0.250. The van der Waals surface area contributed by atoms with Crippen molar-refractivity contribution in [3.05, 3.63) is 47.5 Å². The van der Waals surface area contributed by atoms with Gasteiger partial charge in [0.15, 0.2) is 18.1 Å². The number of benzene rings is 2. The second-order valence-electron chi connectivity index (χ2n) is 6.77. The standard InChI is InChI=1S/C20H20ClN3O8S/c1-12(24-33(28,29)15-5-2-13(21)3-6-15)19(26)32-11-18(25)23-20(27)22-14-4-7-16-17(10-14)31-9-8-30-16/h2-7,10,12,24H,8-9,11H2,1H3,(H2,22,23,25,27)/t12-/m1/s1. The first-order chi connectivity index (χ1) is 15.6. The van der Waals surface area contributed by atoms with Gasteiger partial charge in [-0.3, -0.25) is 14.9 Å². The largest absolute Gasteiger partial charge is 0.486 e. The summed E-state index contributed by atoms with van der Waals surface area (Å²) in [5, 5.41) is 4.78. The zero-order valence-corrected chi connectivity index (χ0v) is 18.9. The average molecular weight is 498 g/mol. The number of rotatable bonds is 7. The van der Waals surface area contributed by atoms with Crippen LogP contribution in [-0.2, 0) is 24.3 Å². The summed E-state index contributed by atoms with van der Waals surface area (Å²) in [5.74, 6) is -0.925. The minimum atomic E-state index is -4.01. The van der Waals surface area contributed by atoms with Crippen LogP contribution in [0.15, 0.2) is 47.4 Å². The summed E-state index contributed by atoms with van der Waals surface area (Å²) in [5.41, 5.74) is 0.353. The molecule has 1 atom stereocenters. The number of nitrogens with one attached hydrogen (secondary N) is 3. The molecule has 1 aliphatic rings. The summed E-state index contributed by atoms with van der Waals surface area (Å²) in [6.07, 6.45) is 0. The Hall–Kier alpha value is -3.35. The summed E-state index contributed by atoms with van der Waals surface area (Å²) >= 11 is 5.73. The number of carbonyl (C=O) groups is 3. The molecule has 13 heteroatoms. The maximum Gasteiger partial charge on any atom is 0.325 e. The predicted molar refractivity (Wildman–Crippen MR) is 117 cm³/mol. The first-order valence-electron chi connectivity index (χ1n) is 9.59. The van der Waals surface area contributed by atoms with Crippen LogP contribution in [0.4, 0.5) is 10.5 Å². The van der Waals surface area contributed by atoms with Crippen LogP contribution in [0, 0.1) is 0 Å². The highest BCUT2D eigenvalue weighted by Crippen LogP contribution is 2.32. The molecular weight excluding hydrogens is 478 g/mol. The highest BCUT2D eigenvalue weighted by atomic mass is 35.5. The Kier molecular flexibility index (Phi) is 7.74. The Labute approximate surface area is 194 Å². The van der Waals surface area contributed by atoms with Crippen LogP contribution >= 0.6 is 11.6 Å². The zero-order chi connectivity index (χ0) is 24.0. The number of sulfonamides is 1. The van der Waals surface area contributed by atoms with Crippen molar-refractivity contribution in [2.24, 2.45) is 0 Å². The molecule has 2 aromatic carbocycles. The van der Waals surface area contributed by atoms with Crippen LogP contribution < -0.4 is 24.8 Å². The molecule has 1 aliphatic heterocycles. The molecule has 0 radical (unpaired) electrons. The van der Waals surface area contributed by atoms with Gasteiger partial charge in [0.05, 0.1) is 4.90 Å². The number of fused-ring (bicyclic) bond motifs is 1. The van der Waals surface area contributed by atoms with Gasteiger partial charge >= 0.3 is 12.0 Å². The second-order valence-corrected chi connectivity index (χ2v) is 8.92. The smallest absolute Gasteiger partial charge is 0.325 e. The van der Waals surface area contributed by atoms with Gasteiger partial charge in [-0.2, -0.15) is 4.72 Å². The van der Waals surface area contributed by atoms with Crippen molar-refractivity contribution in [2.75, 3.05) is 25.1 Å². The molecular formula is C20H20ClN3O8S. The van der Waals surface area contributed by atoms with Crippen LogP contribution in [0.1, 0.15) is 6.92 Å². The van der Waals surface area contributed by atoms with E-state index in [1.54, 1.807) is 12.1 Å². The fourth-order valence-electron chi connectivity index (χ4n) is 2.67. The van der Waals surface area contributed by atoms with E-state index in [2.05, 4.69) is 10.0 Å². The molecule has 0 fully saturated rings. The molecule has 0 saturated heterocycles. The summed E-state index contributed by atoms with van der Waals surface area (Å²) in [6, 6.07) is 7.89. The number of hydrogen-bond donors (Lipinski definition) is 3. The van der Waals surface area contributed by atoms with Crippen molar-refractivity contribution >= 4 is 45.2 Å². The van der Waals surface area contributed by atoms with Crippen LogP contribution in [-0.4, -0.2) is 52.2 Å². The number of imide groups is 1. The summed E-state index contributed by atoms with van der Waals surface area (Å²) in [6.45, 7) is 1.26. The zero-order valence-electron chi connectivity index (χ0n) is 17.3. The molecule has 176 valence electrons. The first kappa shape index (κ1) is 24.3. The lowest BCUT2D eigenvalue weighted by atomic mass is 10.2. The molecule has 0 spiro atoms. The number of amides is 3. The lowest BCUT2D eigenvalue weighted by Crippen LogP contribution is -2.42. The third kappa shape index (κ3) is 6.81. The predicted octanol–water partition coefficient (Wildman–Crippen LogP) is 1.67. The Morgan fingerprint density at radius 3 is 2.42 bits per heavy atom. The molecule has 0 aliphatic carbocycles. The van der Waals surface area contributed by atoms with Crippen molar-refractivity contribution in [1.29, 1.82) is 0 Å². The van der Waals surface area contributed by atoms with Crippen LogP contribution in [0.3, 0.4) is 0 Å². The molecule has 11 nitrogen and oxygen atoms in total. The van der Waals surface area contributed by atoms with E-state index in [0.29, 0.717) is 35.4 Å². The Morgan fingerprint density at radius 1 is 1.06 bits per heavy atom. The van der Waals surface area contributed by atoms with Crippen molar-refractivity contribution in [3.8, 4) is 11.5 Å². The SMILES string of the molecule is C[C@@H](NS(=O)(=O)c1ccc(Cl)cc1)C(=O)OCC(=O)NC(=O)Nc1ccc2c(c1)OCCO2. The van der Waals surface area contributed by atoms with E-state index >= 15 is 0 Å². The number of anilines is 1. The van der Waals surface area contributed by atoms with E-state index < -0.39 is 40.6 Å². The molecule has 0 unspecified atom stereocenters. The van der Waals surface area contributed by atoms with Gasteiger partial charge in [0.2, 0.25) is 10.0 Å². The molecule has 0 aromatic heterocycles. The number of esters is 1. The monoisotopic (exact) mass is 497 g/mol. The van der Waals surface area contributed by atoms with Gasteiger partial charge in [0.25, 0.3) is 5.91 Å². The second kappa shape index (κ2) is 10.5. The number of carbonyl (C=O) groups excluding carboxylic acids is 3. The summed E-state index contributed by atoms with van der Waals surface area (Å²) in [7, 11) is -4.01. The van der Waals surface area contributed by atoms with E-state index in [1.165, 1.54) is 37.3 Å². The normalized spacial score (nSPS) is 13.5. The molecule has 0 bridgehead atoms. The lowest BCUT2D eigenvalue weighted by molar-refractivity contribution is -0.149. The highest BCUT2D eigenvalue weighted by Gasteiger charge is 2.24. The quantitative estimate of drug-likeness (QED) is 0.489. The minimum Gasteiger partial charge on any atom is -0.486 e. The van der Waals surface area contributed by atoms with Gasteiger partial charge in [-0.05, 0) is 43.3 Å². The third-order valence-electron chi connectivity index (χ3n) is 4.21. The van der Waals surface area contributed by atoms with Crippen molar-refractivity contribution < 1.29 is 37.0 Å². The van der Waals surface area contributed by atoms with E-state index in [0.717, 1.165) is 0 Å². The maximum absolute atomic E-state index is 12.3.